The van der Waals surface area contributed by atoms with Crippen LogP contribution in [0.15, 0.2) is 48.5 Å². The van der Waals surface area contributed by atoms with Gasteiger partial charge in [-0.3, -0.25) is 4.79 Å². The number of carbonyl (C=O) groups is 1. The normalized spacial score (nSPS) is 14.1. The first kappa shape index (κ1) is 13.9. The van der Waals surface area contributed by atoms with E-state index in [9.17, 15) is 9.18 Å². The van der Waals surface area contributed by atoms with Gasteiger partial charge in [0.05, 0.1) is 11.0 Å². The van der Waals surface area contributed by atoms with Crippen LogP contribution in [-0.2, 0) is 11.3 Å². The lowest BCUT2D eigenvalue weighted by atomic mass is 10.3. The standard InChI is InChI=1S/C18H16FN3O/c19-13-4-3-5-14(10-13)20-17(23)11-22-16-7-2-1-6-15(16)21-18(22)12-8-9-12/h1-7,10,12H,8-9,11H2,(H,20,23). The van der Waals surface area contributed by atoms with Gasteiger partial charge in [0.1, 0.15) is 18.2 Å². The average Bonchev–Trinajstić information content (AvgIpc) is 3.31. The molecule has 0 radical (unpaired) electrons. The Morgan fingerprint density at radius 1 is 1.22 bits per heavy atom. The van der Waals surface area contributed by atoms with Crippen LogP contribution < -0.4 is 5.32 Å². The molecule has 1 aliphatic carbocycles. The molecule has 5 heteroatoms. The van der Waals surface area contributed by atoms with Gasteiger partial charge in [-0.15, -0.1) is 0 Å². The maximum atomic E-state index is 13.2. The third kappa shape index (κ3) is 2.82. The molecule has 1 aliphatic rings. The number of imidazole rings is 1. The molecule has 3 aromatic rings. The number of carbonyl (C=O) groups excluding carboxylic acids is 1. The van der Waals surface area contributed by atoms with Crippen molar-refractivity contribution in [2.24, 2.45) is 0 Å². The van der Waals surface area contributed by atoms with Crippen molar-refractivity contribution >= 4 is 22.6 Å². The van der Waals surface area contributed by atoms with Gasteiger partial charge in [-0.1, -0.05) is 18.2 Å². The highest BCUT2D eigenvalue weighted by atomic mass is 19.1. The minimum Gasteiger partial charge on any atom is -0.324 e. The fraction of sp³-hybridized carbons (Fsp3) is 0.222. The Bertz CT molecular complexity index is 883. The Morgan fingerprint density at radius 2 is 2.04 bits per heavy atom. The number of aromatic nitrogens is 2. The number of hydrogen-bond acceptors (Lipinski definition) is 2. The first-order valence-electron chi connectivity index (χ1n) is 7.71. The van der Waals surface area contributed by atoms with Crippen LogP contribution in [0.25, 0.3) is 11.0 Å². The molecule has 1 fully saturated rings. The minimum atomic E-state index is -0.366. The van der Waals surface area contributed by atoms with Gasteiger partial charge in [0.2, 0.25) is 5.91 Å². The first-order chi connectivity index (χ1) is 11.2. The number of amides is 1. The molecule has 1 N–H and O–H groups in total. The highest BCUT2D eigenvalue weighted by Gasteiger charge is 2.30. The molecule has 0 saturated heterocycles. The quantitative estimate of drug-likeness (QED) is 0.799. The molecule has 2 aromatic carbocycles. The van der Waals surface area contributed by atoms with Gasteiger partial charge >= 0.3 is 0 Å². The molecule has 0 bridgehead atoms. The number of rotatable bonds is 4. The second-order valence-corrected chi connectivity index (χ2v) is 5.88. The molecule has 1 amide bonds. The van der Waals surface area contributed by atoms with Crippen LogP contribution in [0.2, 0.25) is 0 Å². The van der Waals surface area contributed by atoms with E-state index in [-0.39, 0.29) is 18.3 Å². The summed E-state index contributed by atoms with van der Waals surface area (Å²) in [6.45, 7) is 0.183. The van der Waals surface area contributed by atoms with Crippen molar-refractivity contribution in [3.8, 4) is 0 Å². The summed E-state index contributed by atoms with van der Waals surface area (Å²) in [6.07, 6.45) is 2.24. The molecule has 0 spiro atoms. The fourth-order valence-electron chi connectivity index (χ4n) is 2.82. The molecule has 0 unspecified atom stereocenters. The molecule has 1 heterocycles. The van der Waals surface area contributed by atoms with Gasteiger partial charge in [-0.2, -0.15) is 0 Å². The van der Waals surface area contributed by atoms with E-state index in [1.807, 2.05) is 28.8 Å². The summed E-state index contributed by atoms with van der Waals surface area (Å²) in [5.41, 5.74) is 2.34. The van der Waals surface area contributed by atoms with Crippen LogP contribution in [0.4, 0.5) is 10.1 Å². The minimum absolute atomic E-state index is 0.180. The monoisotopic (exact) mass is 309 g/mol. The third-order valence-electron chi connectivity index (χ3n) is 4.04. The lowest BCUT2D eigenvalue weighted by molar-refractivity contribution is -0.116. The zero-order valence-electron chi connectivity index (χ0n) is 12.5. The number of hydrogen-bond donors (Lipinski definition) is 1. The van der Waals surface area contributed by atoms with Crippen LogP contribution in [0, 0.1) is 5.82 Å². The number of fused-ring (bicyclic) bond motifs is 1. The molecule has 0 atom stereocenters. The number of para-hydroxylation sites is 2. The van der Waals surface area contributed by atoms with Gasteiger partial charge in [0, 0.05) is 11.6 Å². The molecule has 1 aromatic heterocycles. The molecule has 23 heavy (non-hydrogen) atoms. The summed E-state index contributed by atoms with van der Waals surface area (Å²) in [4.78, 5) is 17.0. The zero-order valence-corrected chi connectivity index (χ0v) is 12.5. The molecule has 0 aliphatic heterocycles. The number of nitrogens with zero attached hydrogens (tertiary/aromatic N) is 2. The summed E-state index contributed by atoms with van der Waals surface area (Å²) in [6, 6.07) is 13.7. The Balaban J connectivity index is 1.61. The van der Waals surface area contributed by atoms with Crippen LogP contribution >= 0.6 is 0 Å². The van der Waals surface area contributed by atoms with Crippen molar-refractivity contribution < 1.29 is 9.18 Å². The maximum absolute atomic E-state index is 13.2. The molecule has 116 valence electrons. The Hall–Kier alpha value is -2.69. The van der Waals surface area contributed by atoms with Crippen LogP contribution in [0.1, 0.15) is 24.6 Å². The van der Waals surface area contributed by atoms with E-state index in [0.717, 1.165) is 29.7 Å². The van der Waals surface area contributed by atoms with Gasteiger partial charge in [-0.05, 0) is 43.2 Å². The Kier molecular flexibility index (Phi) is 3.33. The van der Waals surface area contributed by atoms with Crippen molar-refractivity contribution in [2.75, 3.05) is 5.32 Å². The van der Waals surface area contributed by atoms with Crippen molar-refractivity contribution in [1.82, 2.24) is 9.55 Å². The second-order valence-electron chi connectivity index (χ2n) is 5.88. The molecule has 4 rings (SSSR count). The largest absolute Gasteiger partial charge is 0.324 e. The Morgan fingerprint density at radius 3 is 2.83 bits per heavy atom. The highest BCUT2D eigenvalue weighted by molar-refractivity contribution is 5.91. The first-order valence-corrected chi connectivity index (χ1v) is 7.71. The Labute approximate surface area is 133 Å². The summed E-state index contributed by atoms with van der Waals surface area (Å²) < 4.78 is 15.2. The lowest BCUT2D eigenvalue weighted by Crippen LogP contribution is -2.20. The predicted molar refractivity (Wildman–Crippen MR) is 86.7 cm³/mol. The van der Waals surface area contributed by atoms with E-state index in [0.29, 0.717) is 11.6 Å². The highest BCUT2D eigenvalue weighted by Crippen LogP contribution is 2.40. The SMILES string of the molecule is O=C(Cn1c(C2CC2)nc2ccccc21)Nc1cccc(F)c1. The summed E-state index contributed by atoms with van der Waals surface area (Å²) in [5.74, 6) is 0.875. The summed E-state index contributed by atoms with van der Waals surface area (Å²) >= 11 is 0. The van der Waals surface area contributed by atoms with E-state index in [1.54, 1.807) is 12.1 Å². The molecule has 4 nitrogen and oxygen atoms in total. The topological polar surface area (TPSA) is 46.9 Å². The lowest BCUT2D eigenvalue weighted by Gasteiger charge is -2.09. The average molecular weight is 309 g/mol. The van der Waals surface area contributed by atoms with E-state index in [1.165, 1.54) is 12.1 Å². The fourth-order valence-corrected chi connectivity index (χ4v) is 2.82. The zero-order chi connectivity index (χ0) is 15.8. The van der Waals surface area contributed by atoms with Gasteiger partial charge < -0.3 is 9.88 Å². The van der Waals surface area contributed by atoms with Crippen LogP contribution in [-0.4, -0.2) is 15.5 Å². The van der Waals surface area contributed by atoms with Gasteiger partial charge in [-0.25, -0.2) is 9.37 Å². The van der Waals surface area contributed by atoms with Gasteiger partial charge in [0.15, 0.2) is 0 Å². The number of benzene rings is 2. The third-order valence-corrected chi connectivity index (χ3v) is 4.04. The van der Waals surface area contributed by atoms with E-state index < -0.39 is 0 Å². The molecular weight excluding hydrogens is 293 g/mol. The van der Waals surface area contributed by atoms with Crippen molar-refractivity contribution in [2.45, 2.75) is 25.3 Å². The molecular formula is C18H16FN3O. The van der Waals surface area contributed by atoms with Crippen LogP contribution in [0.5, 0.6) is 0 Å². The van der Waals surface area contributed by atoms with Crippen LogP contribution in [0.3, 0.4) is 0 Å². The number of halogens is 1. The second kappa shape index (κ2) is 5.50. The maximum Gasteiger partial charge on any atom is 0.244 e. The summed E-state index contributed by atoms with van der Waals surface area (Å²) in [7, 11) is 0. The number of nitrogens with one attached hydrogen (secondary N) is 1. The van der Waals surface area contributed by atoms with Crippen molar-refractivity contribution in [3.63, 3.8) is 0 Å². The van der Waals surface area contributed by atoms with E-state index >= 15 is 0 Å². The predicted octanol–water partition coefficient (Wildman–Crippen LogP) is 3.69. The smallest absolute Gasteiger partial charge is 0.244 e. The summed E-state index contributed by atoms with van der Waals surface area (Å²) in [5, 5.41) is 2.74. The number of anilines is 1. The molecule has 1 saturated carbocycles. The van der Waals surface area contributed by atoms with E-state index in [4.69, 9.17) is 0 Å². The van der Waals surface area contributed by atoms with Crippen molar-refractivity contribution in [3.05, 3.63) is 60.2 Å². The van der Waals surface area contributed by atoms with Gasteiger partial charge in [0.25, 0.3) is 0 Å². The van der Waals surface area contributed by atoms with Crippen molar-refractivity contribution in [1.29, 1.82) is 0 Å². The van der Waals surface area contributed by atoms with E-state index in [2.05, 4.69) is 10.3 Å².